The molecule has 0 bridgehead atoms. The van der Waals surface area contributed by atoms with Crippen molar-refractivity contribution in [1.29, 1.82) is 0 Å². The van der Waals surface area contributed by atoms with Gasteiger partial charge in [-0.15, -0.1) is 0 Å². The lowest BCUT2D eigenvalue weighted by atomic mass is 10.2. The van der Waals surface area contributed by atoms with Crippen LogP contribution in [0.5, 0.6) is 5.75 Å². The quantitative estimate of drug-likeness (QED) is 0.561. The van der Waals surface area contributed by atoms with Crippen LogP contribution in [0.25, 0.3) is 0 Å². The Kier molecular flexibility index (Phi) is 6.75. The summed E-state index contributed by atoms with van der Waals surface area (Å²) < 4.78 is 41.0. The Labute approximate surface area is 140 Å². The first-order valence-corrected chi connectivity index (χ1v) is 8.27. The van der Waals surface area contributed by atoms with E-state index in [0.29, 0.717) is 6.54 Å². The van der Waals surface area contributed by atoms with Gasteiger partial charge in [0, 0.05) is 13.1 Å². The summed E-state index contributed by atoms with van der Waals surface area (Å²) >= 11 is 0. The third-order valence-corrected chi connectivity index (χ3v) is 3.63. The van der Waals surface area contributed by atoms with Gasteiger partial charge in [0.1, 0.15) is 5.75 Å². The smallest absolute Gasteiger partial charge is 0.422 e. The molecule has 0 saturated heterocycles. The molecule has 0 unspecified atom stereocenters. The van der Waals surface area contributed by atoms with Crippen molar-refractivity contribution < 1.29 is 17.9 Å². The molecule has 4 nitrogen and oxygen atoms in total. The summed E-state index contributed by atoms with van der Waals surface area (Å²) in [6.45, 7) is 2.86. The Hall–Kier alpha value is -1.92. The first-order chi connectivity index (χ1) is 11.5. The van der Waals surface area contributed by atoms with Gasteiger partial charge in [-0.1, -0.05) is 25.0 Å². The lowest BCUT2D eigenvalue weighted by Gasteiger charge is -2.11. The Balaban J connectivity index is 1.80. The van der Waals surface area contributed by atoms with E-state index in [1.807, 2.05) is 6.92 Å². The molecule has 1 aromatic rings. The first-order valence-electron chi connectivity index (χ1n) is 8.27. The summed E-state index contributed by atoms with van der Waals surface area (Å²) in [4.78, 5) is 4.49. The highest BCUT2D eigenvalue weighted by atomic mass is 19.4. The minimum absolute atomic E-state index is 0.203. The molecule has 134 valence electrons. The normalized spacial score (nSPS) is 15.2. The number of ether oxygens (including phenoxy) is 1. The van der Waals surface area contributed by atoms with Crippen molar-refractivity contribution in [1.82, 2.24) is 10.6 Å². The van der Waals surface area contributed by atoms with Gasteiger partial charge in [-0.25, -0.2) is 4.99 Å². The zero-order chi connectivity index (χ0) is 17.4. The van der Waals surface area contributed by atoms with Gasteiger partial charge in [0.05, 0.1) is 6.54 Å². The third-order valence-electron chi connectivity index (χ3n) is 3.63. The van der Waals surface area contributed by atoms with E-state index in [9.17, 15) is 13.2 Å². The van der Waals surface area contributed by atoms with E-state index in [4.69, 9.17) is 0 Å². The van der Waals surface area contributed by atoms with E-state index >= 15 is 0 Å². The van der Waals surface area contributed by atoms with E-state index in [1.54, 1.807) is 12.1 Å². The number of hydrogen-bond donors (Lipinski definition) is 2. The van der Waals surface area contributed by atoms with Gasteiger partial charge in [0.15, 0.2) is 12.6 Å². The van der Waals surface area contributed by atoms with Crippen LogP contribution >= 0.6 is 0 Å². The fraction of sp³-hybridized carbons (Fsp3) is 0.588. The van der Waals surface area contributed by atoms with Crippen LogP contribution in [0.1, 0.15) is 31.7 Å². The lowest BCUT2D eigenvalue weighted by molar-refractivity contribution is -0.153. The molecule has 7 heteroatoms. The number of guanidine groups is 1. The SMILES string of the molecule is CCNC(=NCc1ccc(OCC(F)(F)F)cc1)NCCC1CC1. The molecule has 0 heterocycles. The number of nitrogens with one attached hydrogen (secondary N) is 2. The average molecular weight is 343 g/mol. The van der Waals surface area contributed by atoms with Gasteiger partial charge < -0.3 is 15.4 Å². The summed E-state index contributed by atoms with van der Waals surface area (Å²) in [6.07, 6.45) is -0.498. The van der Waals surface area contributed by atoms with Gasteiger partial charge >= 0.3 is 6.18 Å². The molecule has 0 amide bonds. The molecule has 0 atom stereocenters. The molecule has 2 N–H and O–H groups in total. The van der Waals surface area contributed by atoms with E-state index in [1.165, 1.54) is 25.0 Å². The Bertz CT molecular complexity index is 525. The molecular weight excluding hydrogens is 319 g/mol. The number of aliphatic imine (C=N–C) groups is 1. The summed E-state index contributed by atoms with van der Waals surface area (Å²) in [5, 5.41) is 6.48. The molecule has 2 rings (SSSR count). The highest BCUT2D eigenvalue weighted by Gasteiger charge is 2.28. The summed E-state index contributed by atoms with van der Waals surface area (Å²) in [6, 6.07) is 6.51. The number of benzene rings is 1. The van der Waals surface area contributed by atoms with Gasteiger partial charge in [-0.2, -0.15) is 13.2 Å². The Morgan fingerprint density at radius 3 is 2.50 bits per heavy atom. The summed E-state index contributed by atoms with van der Waals surface area (Å²) in [5.74, 6) is 1.83. The second-order valence-corrected chi connectivity index (χ2v) is 5.90. The van der Waals surface area contributed by atoms with Gasteiger partial charge in [0.25, 0.3) is 0 Å². The van der Waals surface area contributed by atoms with E-state index < -0.39 is 12.8 Å². The predicted molar refractivity (Wildman–Crippen MR) is 88.2 cm³/mol. The van der Waals surface area contributed by atoms with Crippen LogP contribution in [-0.4, -0.2) is 31.8 Å². The molecule has 0 aliphatic heterocycles. The second kappa shape index (κ2) is 8.80. The van der Waals surface area contributed by atoms with Crippen molar-refractivity contribution in [3.63, 3.8) is 0 Å². The molecule has 0 radical (unpaired) electrons. The molecular formula is C17H24F3N3O. The minimum Gasteiger partial charge on any atom is -0.484 e. The van der Waals surface area contributed by atoms with E-state index in [2.05, 4.69) is 20.4 Å². The zero-order valence-electron chi connectivity index (χ0n) is 13.8. The maximum atomic E-state index is 12.1. The van der Waals surface area contributed by atoms with Crippen molar-refractivity contribution in [2.45, 2.75) is 38.9 Å². The first kappa shape index (κ1) is 18.4. The third kappa shape index (κ3) is 7.57. The molecule has 1 aliphatic rings. The number of hydrogen-bond acceptors (Lipinski definition) is 2. The van der Waals surface area contributed by atoms with E-state index in [-0.39, 0.29) is 5.75 Å². The molecule has 0 spiro atoms. The number of rotatable bonds is 8. The molecule has 1 saturated carbocycles. The van der Waals surface area contributed by atoms with Crippen LogP contribution in [0.15, 0.2) is 29.3 Å². The van der Waals surface area contributed by atoms with E-state index in [0.717, 1.165) is 37.0 Å². The summed E-state index contributed by atoms with van der Waals surface area (Å²) in [7, 11) is 0. The van der Waals surface area contributed by atoms with Gasteiger partial charge in [-0.05, 0) is 37.0 Å². The summed E-state index contributed by atoms with van der Waals surface area (Å²) in [5.41, 5.74) is 0.911. The maximum absolute atomic E-state index is 12.1. The molecule has 0 aromatic heterocycles. The fourth-order valence-corrected chi connectivity index (χ4v) is 2.17. The standard InChI is InChI=1S/C17H24F3N3O/c1-2-21-16(22-10-9-13-3-4-13)23-11-14-5-7-15(8-6-14)24-12-17(18,19)20/h5-8,13H,2-4,9-12H2,1H3,(H2,21,22,23). The maximum Gasteiger partial charge on any atom is 0.422 e. The predicted octanol–water partition coefficient (Wildman–Crippen LogP) is 3.48. The largest absolute Gasteiger partial charge is 0.484 e. The van der Waals surface area contributed by atoms with Crippen LogP contribution in [0, 0.1) is 5.92 Å². The number of nitrogens with zero attached hydrogens (tertiary/aromatic N) is 1. The number of alkyl halides is 3. The second-order valence-electron chi connectivity index (χ2n) is 5.90. The molecule has 1 fully saturated rings. The van der Waals surface area contributed by atoms with Gasteiger partial charge in [0.2, 0.25) is 0 Å². The van der Waals surface area contributed by atoms with Gasteiger partial charge in [-0.3, -0.25) is 0 Å². The minimum atomic E-state index is -4.32. The number of halogens is 3. The van der Waals surface area contributed by atoms with Crippen LogP contribution in [-0.2, 0) is 6.54 Å². The molecule has 24 heavy (non-hydrogen) atoms. The van der Waals surface area contributed by atoms with Crippen molar-refractivity contribution >= 4 is 5.96 Å². The van der Waals surface area contributed by atoms with Crippen molar-refractivity contribution in [3.05, 3.63) is 29.8 Å². The van der Waals surface area contributed by atoms with Crippen LogP contribution in [0.4, 0.5) is 13.2 Å². The lowest BCUT2D eigenvalue weighted by Crippen LogP contribution is -2.37. The van der Waals surface area contributed by atoms with Crippen LogP contribution in [0.2, 0.25) is 0 Å². The van der Waals surface area contributed by atoms with Crippen LogP contribution in [0.3, 0.4) is 0 Å². The Morgan fingerprint density at radius 1 is 1.21 bits per heavy atom. The fourth-order valence-electron chi connectivity index (χ4n) is 2.17. The van der Waals surface area contributed by atoms with Crippen molar-refractivity contribution in [2.24, 2.45) is 10.9 Å². The zero-order valence-corrected chi connectivity index (χ0v) is 13.8. The topological polar surface area (TPSA) is 45.7 Å². The highest BCUT2D eigenvalue weighted by Crippen LogP contribution is 2.31. The van der Waals surface area contributed by atoms with Crippen molar-refractivity contribution in [2.75, 3.05) is 19.7 Å². The van der Waals surface area contributed by atoms with Crippen LogP contribution < -0.4 is 15.4 Å². The molecule has 1 aromatic carbocycles. The average Bonchev–Trinajstić information content (AvgIpc) is 3.35. The van der Waals surface area contributed by atoms with Crippen molar-refractivity contribution in [3.8, 4) is 5.75 Å². The Morgan fingerprint density at radius 2 is 1.92 bits per heavy atom. The molecule has 1 aliphatic carbocycles. The monoisotopic (exact) mass is 343 g/mol. The highest BCUT2D eigenvalue weighted by molar-refractivity contribution is 5.79.